The number of hydrogen-bond donors (Lipinski definition) is 1. The van der Waals surface area contributed by atoms with Crippen LogP contribution >= 0.6 is 0 Å². The maximum Gasteiger partial charge on any atom is 0.325 e. The molecule has 0 spiro atoms. The second-order valence-electron chi connectivity index (χ2n) is 4.10. The molecule has 1 amide bonds. The van der Waals surface area contributed by atoms with E-state index in [1.807, 2.05) is 7.05 Å². The Morgan fingerprint density at radius 2 is 2.00 bits per heavy atom. The number of rotatable bonds is 4. The van der Waals surface area contributed by atoms with Crippen LogP contribution in [-0.2, 0) is 14.3 Å². The van der Waals surface area contributed by atoms with Crippen LogP contribution < -0.4 is 5.32 Å². The van der Waals surface area contributed by atoms with Crippen molar-refractivity contribution >= 4 is 11.9 Å². The van der Waals surface area contributed by atoms with Crippen molar-refractivity contribution in [1.82, 2.24) is 10.2 Å². The van der Waals surface area contributed by atoms with Crippen LogP contribution in [0.15, 0.2) is 0 Å². The number of nitrogens with one attached hydrogen (secondary N) is 1. The first-order valence-electron chi connectivity index (χ1n) is 5.75. The van der Waals surface area contributed by atoms with E-state index in [0.717, 1.165) is 25.9 Å². The molecule has 1 N–H and O–H groups in total. The number of amides is 1. The minimum atomic E-state index is -0.372. The van der Waals surface area contributed by atoms with Gasteiger partial charge in [-0.05, 0) is 39.9 Å². The van der Waals surface area contributed by atoms with E-state index in [1.165, 1.54) is 0 Å². The lowest BCUT2D eigenvalue weighted by atomic mass is 9.96. The van der Waals surface area contributed by atoms with Gasteiger partial charge in [0.15, 0.2) is 0 Å². The monoisotopic (exact) mass is 228 g/mol. The first-order valence-corrected chi connectivity index (χ1v) is 5.75. The fourth-order valence-electron chi connectivity index (χ4n) is 1.79. The van der Waals surface area contributed by atoms with Gasteiger partial charge < -0.3 is 15.0 Å². The van der Waals surface area contributed by atoms with Gasteiger partial charge in [0.05, 0.1) is 6.61 Å². The zero-order valence-electron chi connectivity index (χ0n) is 9.99. The molecule has 1 rings (SSSR count). The Hall–Kier alpha value is -1.10. The van der Waals surface area contributed by atoms with Crippen LogP contribution in [0.4, 0.5) is 0 Å². The lowest BCUT2D eigenvalue weighted by Crippen LogP contribution is -2.40. The third-order valence-corrected chi connectivity index (χ3v) is 2.80. The van der Waals surface area contributed by atoms with Crippen LogP contribution in [0.3, 0.4) is 0 Å². The molecule has 0 radical (unpaired) electrons. The summed E-state index contributed by atoms with van der Waals surface area (Å²) in [6, 6.07) is 0. The Morgan fingerprint density at radius 1 is 1.38 bits per heavy atom. The molecule has 5 heteroatoms. The van der Waals surface area contributed by atoms with E-state index in [9.17, 15) is 9.59 Å². The Labute approximate surface area is 96.1 Å². The predicted octanol–water partition coefficient (Wildman–Crippen LogP) is 0.00750. The molecule has 92 valence electrons. The molecule has 0 saturated carbocycles. The van der Waals surface area contributed by atoms with E-state index in [4.69, 9.17) is 4.74 Å². The molecule has 0 bridgehead atoms. The van der Waals surface area contributed by atoms with Crippen molar-refractivity contribution < 1.29 is 14.3 Å². The van der Waals surface area contributed by atoms with Crippen LogP contribution in [0.25, 0.3) is 0 Å². The molecule has 1 aliphatic heterocycles. The molecule has 1 heterocycles. The molecular weight excluding hydrogens is 208 g/mol. The molecule has 0 atom stereocenters. The molecule has 1 saturated heterocycles. The first-order chi connectivity index (χ1) is 7.63. The van der Waals surface area contributed by atoms with E-state index in [0.29, 0.717) is 6.61 Å². The van der Waals surface area contributed by atoms with Gasteiger partial charge in [-0.2, -0.15) is 0 Å². The van der Waals surface area contributed by atoms with E-state index in [2.05, 4.69) is 10.2 Å². The van der Waals surface area contributed by atoms with Gasteiger partial charge in [0, 0.05) is 5.92 Å². The Morgan fingerprint density at radius 3 is 2.56 bits per heavy atom. The molecule has 0 aliphatic carbocycles. The van der Waals surface area contributed by atoms with Gasteiger partial charge in [-0.3, -0.25) is 9.59 Å². The number of esters is 1. The van der Waals surface area contributed by atoms with Crippen molar-refractivity contribution in [3.8, 4) is 0 Å². The largest absolute Gasteiger partial charge is 0.465 e. The number of ether oxygens (including phenoxy) is 1. The minimum absolute atomic E-state index is 0.0149. The number of hydrogen-bond acceptors (Lipinski definition) is 4. The fourth-order valence-corrected chi connectivity index (χ4v) is 1.79. The molecular formula is C11H20N2O3. The highest BCUT2D eigenvalue weighted by Gasteiger charge is 2.23. The van der Waals surface area contributed by atoms with Crippen molar-refractivity contribution in [3.05, 3.63) is 0 Å². The quantitative estimate of drug-likeness (QED) is 0.688. The van der Waals surface area contributed by atoms with Gasteiger partial charge in [0.2, 0.25) is 5.91 Å². The van der Waals surface area contributed by atoms with Crippen molar-refractivity contribution in [2.24, 2.45) is 5.92 Å². The molecule has 0 aromatic carbocycles. The van der Waals surface area contributed by atoms with E-state index in [-0.39, 0.29) is 24.3 Å². The van der Waals surface area contributed by atoms with Gasteiger partial charge in [0.25, 0.3) is 0 Å². The summed E-state index contributed by atoms with van der Waals surface area (Å²) < 4.78 is 4.73. The highest BCUT2D eigenvalue weighted by Crippen LogP contribution is 2.15. The summed E-state index contributed by atoms with van der Waals surface area (Å²) in [4.78, 5) is 24.9. The summed E-state index contributed by atoms with van der Waals surface area (Å²) in [7, 11) is 2.05. The smallest absolute Gasteiger partial charge is 0.325 e. The van der Waals surface area contributed by atoms with Crippen LogP contribution in [-0.4, -0.2) is 50.1 Å². The lowest BCUT2D eigenvalue weighted by molar-refractivity contribution is -0.144. The second kappa shape index (κ2) is 6.48. The molecule has 0 aromatic heterocycles. The van der Waals surface area contributed by atoms with Crippen LogP contribution in [0, 0.1) is 5.92 Å². The summed E-state index contributed by atoms with van der Waals surface area (Å²) in [6.45, 7) is 3.97. The SMILES string of the molecule is CCOC(=O)CNC(=O)C1CCN(C)CC1. The minimum Gasteiger partial charge on any atom is -0.465 e. The predicted molar refractivity (Wildman–Crippen MR) is 59.9 cm³/mol. The van der Waals surface area contributed by atoms with Gasteiger partial charge in [-0.1, -0.05) is 0 Å². The Kier molecular flexibility index (Phi) is 5.25. The number of carbonyl (C=O) groups is 2. The lowest BCUT2D eigenvalue weighted by Gasteiger charge is -2.27. The highest BCUT2D eigenvalue weighted by atomic mass is 16.5. The van der Waals surface area contributed by atoms with Crippen molar-refractivity contribution in [3.63, 3.8) is 0 Å². The van der Waals surface area contributed by atoms with Gasteiger partial charge >= 0.3 is 5.97 Å². The van der Waals surface area contributed by atoms with Crippen molar-refractivity contribution in [2.75, 3.05) is 33.3 Å². The summed E-state index contributed by atoms with van der Waals surface area (Å²) in [5.41, 5.74) is 0. The topological polar surface area (TPSA) is 58.6 Å². The number of piperidine rings is 1. The summed E-state index contributed by atoms with van der Waals surface area (Å²) in [5, 5.41) is 2.62. The summed E-state index contributed by atoms with van der Waals surface area (Å²) in [5.74, 6) is -0.351. The highest BCUT2D eigenvalue weighted by molar-refractivity contribution is 5.83. The van der Waals surface area contributed by atoms with Crippen molar-refractivity contribution in [1.29, 1.82) is 0 Å². The number of nitrogens with zero attached hydrogens (tertiary/aromatic N) is 1. The van der Waals surface area contributed by atoms with Gasteiger partial charge in [-0.15, -0.1) is 0 Å². The zero-order chi connectivity index (χ0) is 12.0. The first kappa shape index (κ1) is 13.0. The van der Waals surface area contributed by atoms with Crippen LogP contribution in [0.5, 0.6) is 0 Å². The third kappa shape index (κ3) is 4.18. The molecule has 0 unspecified atom stereocenters. The van der Waals surface area contributed by atoms with Crippen molar-refractivity contribution in [2.45, 2.75) is 19.8 Å². The van der Waals surface area contributed by atoms with E-state index < -0.39 is 0 Å². The van der Waals surface area contributed by atoms with Crippen LogP contribution in [0.2, 0.25) is 0 Å². The Balaban J connectivity index is 2.22. The average Bonchev–Trinajstić information content (AvgIpc) is 2.27. The summed E-state index contributed by atoms with van der Waals surface area (Å²) >= 11 is 0. The molecule has 0 aromatic rings. The maximum atomic E-state index is 11.7. The molecule has 1 fully saturated rings. The van der Waals surface area contributed by atoms with Crippen LogP contribution in [0.1, 0.15) is 19.8 Å². The normalized spacial score (nSPS) is 18.1. The zero-order valence-corrected chi connectivity index (χ0v) is 9.99. The third-order valence-electron chi connectivity index (χ3n) is 2.80. The Bertz CT molecular complexity index is 248. The summed E-state index contributed by atoms with van der Waals surface area (Å²) in [6.07, 6.45) is 1.73. The fraction of sp³-hybridized carbons (Fsp3) is 0.818. The number of carbonyl (C=O) groups excluding carboxylic acids is 2. The molecule has 1 aliphatic rings. The van der Waals surface area contributed by atoms with Gasteiger partial charge in [0.1, 0.15) is 6.54 Å². The maximum absolute atomic E-state index is 11.7. The molecule has 5 nitrogen and oxygen atoms in total. The number of likely N-dealkylation sites (tertiary alicyclic amines) is 1. The second-order valence-corrected chi connectivity index (χ2v) is 4.10. The average molecular weight is 228 g/mol. The van der Waals surface area contributed by atoms with E-state index >= 15 is 0 Å². The molecule has 16 heavy (non-hydrogen) atoms. The standard InChI is InChI=1S/C11H20N2O3/c1-3-16-10(14)8-12-11(15)9-4-6-13(2)7-5-9/h9H,3-8H2,1-2H3,(H,12,15). The van der Waals surface area contributed by atoms with Gasteiger partial charge in [-0.25, -0.2) is 0 Å². The van der Waals surface area contributed by atoms with E-state index in [1.54, 1.807) is 6.92 Å².